The van der Waals surface area contributed by atoms with E-state index in [2.05, 4.69) is 18.3 Å². The lowest BCUT2D eigenvalue weighted by atomic mass is 9.90. The van der Waals surface area contributed by atoms with Crippen LogP contribution in [0.15, 0.2) is 18.2 Å². The first-order chi connectivity index (χ1) is 9.20. The summed E-state index contributed by atoms with van der Waals surface area (Å²) < 4.78 is 5.89. The highest BCUT2D eigenvalue weighted by molar-refractivity contribution is 6.32. The van der Waals surface area contributed by atoms with Crippen LogP contribution in [0.25, 0.3) is 0 Å². The normalized spacial score (nSPS) is 18.3. The second kappa shape index (κ2) is 7.16. The first-order valence-electron chi connectivity index (χ1n) is 7.30. The van der Waals surface area contributed by atoms with Crippen LogP contribution < -0.4 is 10.1 Å². The number of hydrogen-bond donors (Lipinski definition) is 1. The van der Waals surface area contributed by atoms with Crippen LogP contribution in [0.3, 0.4) is 0 Å². The highest BCUT2D eigenvalue weighted by Gasteiger charge is 2.15. The van der Waals surface area contributed by atoms with E-state index < -0.39 is 0 Å². The molecule has 106 valence electrons. The highest BCUT2D eigenvalue weighted by atomic mass is 35.5. The van der Waals surface area contributed by atoms with Crippen LogP contribution >= 0.6 is 11.6 Å². The van der Waals surface area contributed by atoms with Crippen molar-refractivity contribution in [3.8, 4) is 5.75 Å². The molecule has 0 aromatic heterocycles. The van der Waals surface area contributed by atoms with Gasteiger partial charge in [0.15, 0.2) is 0 Å². The van der Waals surface area contributed by atoms with Gasteiger partial charge in [-0.05, 0) is 50.4 Å². The van der Waals surface area contributed by atoms with Gasteiger partial charge in [0.05, 0.1) is 11.6 Å². The molecule has 1 fully saturated rings. The first-order valence-corrected chi connectivity index (χ1v) is 7.68. The molecule has 3 heteroatoms. The number of benzene rings is 1. The largest absolute Gasteiger partial charge is 0.492 e. The summed E-state index contributed by atoms with van der Waals surface area (Å²) in [4.78, 5) is 0. The van der Waals surface area contributed by atoms with Crippen molar-refractivity contribution in [2.24, 2.45) is 5.92 Å². The van der Waals surface area contributed by atoms with Gasteiger partial charge < -0.3 is 10.1 Å². The minimum atomic E-state index is 0.310. The van der Waals surface area contributed by atoms with Gasteiger partial charge in [-0.1, -0.05) is 36.9 Å². The van der Waals surface area contributed by atoms with E-state index in [1.165, 1.54) is 37.7 Å². The van der Waals surface area contributed by atoms with E-state index in [0.29, 0.717) is 12.0 Å². The molecule has 0 bridgehead atoms. The lowest BCUT2D eigenvalue weighted by molar-refractivity contribution is 0.209. The molecule has 1 aliphatic rings. The molecule has 1 saturated carbocycles. The fourth-order valence-electron chi connectivity index (χ4n) is 2.63. The summed E-state index contributed by atoms with van der Waals surface area (Å²) in [7, 11) is 1.95. The van der Waals surface area contributed by atoms with Crippen LogP contribution in [0.5, 0.6) is 5.75 Å². The molecule has 1 atom stereocenters. The van der Waals surface area contributed by atoms with Gasteiger partial charge in [-0.3, -0.25) is 0 Å². The van der Waals surface area contributed by atoms with Gasteiger partial charge >= 0.3 is 0 Å². The van der Waals surface area contributed by atoms with Crippen molar-refractivity contribution in [1.82, 2.24) is 5.32 Å². The molecular formula is C16H24ClNO. The third kappa shape index (κ3) is 4.12. The number of rotatable bonds is 5. The second-order valence-corrected chi connectivity index (χ2v) is 5.92. The molecule has 0 amide bonds. The molecule has 1 aromatic rings. The van der Waals surface area contributed by atoms with Crippen molar-refractivity contribution < 1.29 is 4.74 Å². The molecule has 0 aliphatic heterocycles. The van der Waals surface area contributed by atoms with Crippen molar-refractivity contribution >= 4 is 11.6 Å². The number of hydrogen-bond acceptors (Lipinski definition) is 2. The molecule has 1 aromatic carbocycles. The van der Waals surface area contributed by atoms with E-state index in [4.69, 9.17) is 16.3 Å². The van der Waals surface area contributed by atoms with Gasteiger partial charge in [0.25, 0.3) is 0 Å². The van der Waals surface area contributed by atoms with Gasteiger partial charge in [0.2, 0.25) is 0 Å². The van der Waals surface area contributed by atoms with Gasteiger partial charge in [-0.15, -0.1) is 0 Å². The SMILES string of the molecule is CNC(C)c1ccc(OCC2CCCCC2)c(Cl)c1. The summed E-state index contributed by atoms with van der Waals surface area (Å²) in [6.07, 6.45) is 6.67. The third-order valence-corrected chi connectivity index (χ3v) is 4.38. The van der Waals surface area contributed by atoms with Crippen molar-refractivity contribution in [3.05, 3.63) is 28.8 Å². The molecular weight excluding hydrogens is 258 g/mol. The van der Waals surface area contributed by atoms with Crippen LogP contribution in [-0.2, 0) is 0 Å². The predicted octanol–water partition coefficient (Wildman–Crippen LogP) is 4.58. The Morgan fingerprint density at radius 3 is 2.68 bits per heavy atom. The van der Waals surface area contributed by atoms with Gasteiger partial charge in [0.1, 0.15) is 5.75 Å². The first kappa shape index (κ1) is 14.7. The maximum Gasteiger partial charge on any atom is 0.137 e. The van der Waals surface area contributed by atoms with E-state index in [-0.39, 0.29) is 0 Å². The Morgan fingerprint density at radius 2 is 2.05 bits per heavy atom. The Balaban J connectivity index is 1.93. The molecule has 19 heavy (non-hydrogen) atoms. The van der Waals surface area contributed by atoms with Crippen LogP contribution in [0.2, 0.25) is 5.02 Å². The maximum absolute atomic E-state index is 6.30. The average molecular weight is 282 g/mol. The summed E-state index contributed by atoms with van der Waals surface area (Å²) in [5.41, 5.74) is 1.19. The van der Waals surface area contributed by atoms with Crippen molar-refractivity contribution in [2.75, 3.05) is 13.7 Å². The zero-order valence-corrected chi connectivity index (χ0v) is 12.7. The Labute approximate surface area is 121 Å². The molecule has 1 N–H and O–H groups in total. The monoisotopic (exact) mass is 281 g/mol. The van der Waals surface area contributed by atoms with E-state index in [9.17, 15) is 0 Å². The van der Waals surface area contributed by atoms with Crippen LogP contribution in [0, 0.1) is 5.92 Å². The Bertz CT molecular complexity index is 402. The third-order valence-electron chi connectivity index (χ3n) is 4.09. The topological polar surface area (TPSA) is 21.3 Å². The Morgan fingerprint density at radius 1 is 1.32 bits per heavy atom. The fourth-order valence-corrected chi connectivity index (χ4v) is 2.88. The molecule has 0 heterocycles. The summed E-state index contributed by atoms with van der Waals surface area (Å²) >= 11 is 6.30. The van der Waals surface area contributed by atoms with E-state index in [1.54, 1.807) is 0 Å². The van der Waals surface area contributed by atoms with Gasteiger partial charge in [-0.25, -0.2) is 0 Å². The van der Waals surface area contributed by atoms with Gasteiger partial charge in [-0.2, -0.15) is 0 Å². The Kier molecular flexibility index (Phi) is 5.53. The van der Waals surface area contributed by atoms with Crippen molar-refractivity contribution in [1.29, 1.82) is 0 Å². The molecule has 0 spiro atoms. The standard InChI is InChI=1S/C16H24ClNO/c1-12(18-2)14-8-9-16(15(17)10-14)19-11-13-6-4-3-5-7-13/h8-10,12-13,18H,3-7,11H2,1-2H3. The van der Waals surface area contributed by atoms with E-state index >= 15 is 0 Å². The second-order valence-electron chi connectivity index (χ2n) is 5.52. The molecule has 1 unspecified atom stereocenters. The number of ether oxygens (including phenoxy) is 1. The Hall–Kier alpha value is -0.730. The molecule has 0 saturated heterocycles. The maximum atomic E-state index is 6.30. The average Bonchev–Trinajstić information content (AvgIpc) is 2.46. The fraction of sp³-hybridized carbons (Fsp3) is 0.625. The molecule has 2 rings (SSSR count). The number of nitrogens with one attached hydrogen (secondary N) is 1. The van der Waals surface area contributed by atoms with Crippen LogP contribution in [-0.4, -0.2) is 13.7 Å². The van der Waals surface area contributed by atoms with Crippen LogP contribution in [0.4, 0.5) is 0 Å². The van der Waals surface area contributed by atoms with Crippen molar-refractivity contribution in [2.45, 2.75) is 45.1 Å². The van der Waals surface area contributed by atoms with Gasteiger partial charge in [0, 0.05) is 6.04 Å². The van der Waals surface area contributed by atoms with E-state index in [1.807, 2.05) is 19.2 Å². The lowest BCUT2D eigenvalue weighted by Gasteiger charge is -2.22. The quantitative estimate of drug-likeness (QED) is 0.853. The molecule has 2 nitrogen and oxygen atoms in total. The predicted molar refractivity (Wildman–Crippen MR) is 81.0 cm³/mol. The minimum absolute atomic E-state index is 0.310. The zero-order valence-electron chi connectivity index (χ0n) is 11.9. The number of halogens is 1. The summed E-state index contributed by atoms with van der Waals surface area (Å²) in [6.45, 7) is 2.93. The van der Waals surface area contributed by atoms with Crippen molar-refractivity contribution in [3.63, 3.8) is 0 Å². The smallest absolute Gasteiger partial charge is 0.137 e. The summed E-state index contributed by atoms with van der Waals surface area (Å²) in [6, 6.07) is 6.39. The molecule has 1 aliphatic carbocycles. The summed E-state index contributed by atoms with van der Waals surface area (Å²) in [5, 5.41) is 3.93. The lowest BCUT2D eigenvalue weighted by Crippen LogP contribution is -2.15. The van der Waals surface area contributed by atoms with Crippen LogP contribution in [0.1, 0.15) is 50.6 Å². The minimum Gasteiger partial charge on any atom is -0.492 e. The highest BCUT2D eigenvalue weighted by Crippen LogP contribution is 2.30. The zero-order chi connectivity index (χ0) is 13.7. The summed E-state index contributed by atoms with van der Waals surface area (Å²) in [5.74, 6) is 1.53. The van der Waals surface area contributed by atoms with E-state index in [0.717, 1.165) is 17.4 Å². The molecule has 0 radical (unpaired) electrons.